The molecule has 6 nitrogen and oxygen atoms in total. The largest absolute Gasteiger partial charge is 0.501 e. The highest BCUT2D eigenvalue weighted by molar-refractivity contribution is 5.82. The number of nitrogens with one attached hydrogen (secondary N) is 3. The number of carbonyl (C=O) groups excluding carboxylic acids is 1. The fraction of sp³-hybridized carbons (Fsp3) is 0.727. The molecule has 3 unspecified atom stereocenters. The highest BCUT2D eigenvalue weighted by Gasteiger charge is 2.41. The van der Waals surface area contributed by atoms with E-state index in [1.807, 2.05) is 11.1 Å². The third kappa shape index (κ3) is 2.15. The summed E-state index contributed by atoms with van der Waals surface area (Å²) in [7, 11) is 0. The molecule has 3 rings (SSSR count). The lowest BCUT2D eigenvalue weighted by Crippen LogP contribution is -2.51. The summed E-state index contributed by atoms with van der Waals surface area (Å²) in [6.07, 6.45) is 5.96. The highest BCUT2D eigenvalue weighted by atomic mass is 16.5. The van der Waals surface area contributed by atoms with Gasteiger partial charge in [0, 0.05) is 19.0 Å². The number of hydrogen-bond donors (Lipinski definition) is 3. The topological polar surface area (TPSA) is 65.6 Å². The molecule has 6 heteroatoms. The normalized spacial score (nSPS) is 36.6. The van der Waals surface area contributed by atoms with E-state index in [0.717, 1.165) is 25.9 Å². The van der Waals surface area contributed by atoms with Crippen LogP contribution in [0.5, 0.6) is 0 Å². The Balaban J connectivity index is 1.60. The molecule has 3 N–H and O–H groups in total. The van der Waals surface area contributed by atoms with E-state index in [-0.39, 0.29) is 23.9 Å². The van der Waals surface area contributed by atoms with Crippen LogP contribution >= 0.6 is 0 Å². The zero-order chi connectivity index (χ0) is 11.7. The first kappa shape index (κ1) is 11.0. The summed E-state index contributed by atoms with van der Waals surface area (Å²) >= 11 is 0. The zero-order valence-electron chi connectivity index (χ0n) is 9.69. The minimum atomic E-state index is -0.217. The van der Waals surface area contributed by atoms with Gasteiger partial charge in [-0.25, -0.2) is 15.9 Å². The Kier molecular flexibility index (Phi) is 3.00. The van der Waals surface area contributed by atoms with Gasteiger partial charge in [-0.2, -0.15) is 0 Å². The second-order valence-corrected chi connectivity index (χ2v) is 4.79. The van der Waals surface area contributed by atoms with Crippen molar-refractivity contribution >= 4 is 5.91 Å². The molecule has 94 valence electrons. The van der Waals surface area contributed by atoms with Gasteiger partial charge in [0.25, 0.3) is 5.91 Å². The Labute approximate surface area is 100 Å². The van der Waals surface area contributed by atoms with Crippen molar-refractivity contribution < 1.29 is 9.53 Å². The number of fused-ring (bicyclic) bond motifs is 1. The van der Waals surface area contributed by atoms with Gasteiger partial charge in [0.15, 0.2) is 0 Å². The molecule has 3 aliphatic rings. The van der Waals surface area contributed by atoms with Crippen LogP contribution in [0.3, 0.4) is 0 Å². The molecular weight excluding hydrogens is 220 g/mol. The molecule has 17 heavy (non-hydrogen) atoms. The fourth-order valence-corrected chi connectivity index (χ4v) is 2.62. The summed E-state index contributed by atoms with van der Waals surface area (Å²) in [6, 6.07) is -0.0244. The Morgan fingerprint density at radius 3 is 3.00 bits per heavy atom. The van der Waals surface area contributed by atoms with E-state index in [1.165, 1.54) is 0 Å². The van der Waals surface area contributed by atoms with Crippen LogP contribution in [0.4, 0.5) is 0 Å². The van der Waals surface area contributed by atoms with Crippen molar-refractivity contribution in [3.05, 3.63) is 12.3 Å². The highest BCUT2D eigenvalue weighted by Crippen LogP contribution is 2.20. The van der Waals surface area contributed by atoms with E-state index < -0.39 is 0 Å². The van der Waals surface area contributed by atoms with Gasteiger partial charge in [-0.3, -0.25) is 10.2 Å². The third-order valence-corrected chi connectivity index (χ3v) is 3.62. The summed E-state index contributed by atoms with van der Waals surface area (Å²) in [6.45, 7) is 2.49. The number of nitrogens with zero attached hydrogens (tertiary/aromatic N) is 1. The first-order valence-corrected chi connectivity index (χ1v) is 6.19. The van der Waals surface area contributed by atoms with Gasteiger partial charge < -0.3 is 4.74 Å². The quantitative estimate of drug-likeness (QED) is 0.583. The molecule has 0 aromatic carbocycles. The second kappa shape index (κ2) is 4.64. The molecule has 0 aliphatic carbocycles. The van der Waals surface area contributed by atoms with Crippen molar-refractivity contribution in [1.29, 1.82) is 0 Å². The van der Waals surface area contributed by atoms with Crippen LogP contribution in [0.25, 0.3) is 0 Å². The third-order valence-electron chi connectivity index (χ3n) is 3.62. The fourth-order valence-electron chi connectivity index (χ4n) is 2.62. The van der Waals surface area contributed by atoms with Crippen LogP contribution in [0.15, 0.2) is 12.3 Å². The van der Waals surface area contributed by atoms with Crippen LogP contribution in [-0.2, 0) is 9.53 Å². The standard InChI is InChI=1S/C11H18N4O2/c16-11(14-15-4-1-2-5-15)10-8-7-17-6-3-9(8)12-13-10/h3,6,8-10,12-13H,1-2,4-5,7H2,(H,14,16). The van der Waals surface area contributed by atoms with Crippen LogP contribution in [-0.4, -0.2) is 42.7 Å². The Morgan fingerprint density at radius 2 is 2.18 bits per heavy atom. The maximum absolute atomic E-state index is 12.1. The Bertz CT molecular complexity index is 327. The van der Waals surface area contributed by atoms with Gasteiger partial charge in [-0.15, -0.1) is 0 Å². The molecule has 0 aromatic heterocycles. The molecule has 0 radical (unpaired) electrons. The SMILES string of the molecule is O=C(NN1CCCC1)C1NNC2C=COCC21. The average molecular weight is 238 g/mol. The predicted molar refractivity (Wildman–Crippen MR) is 61.4 cm³/mol. The monoisotopic (exact) mass is 238 g/mol. The van der Waals surface area contributed by atoms with Gasteiger partial charge in [-0.05, 0) is 18.9 Å². The van der Waals surface area contributed by atoms with Gasteiger partial charge in [0.05, 0.1) is 18.9 Å². The van der Waals surface area contributed by atoms with Crippen LogP contribution in [0, 0.1) is 5.92 Å². The Hall–Kier alpha value is -1.11. The van der Waals surface area contributed by atoms with E-state index in [1.54, 1.807) is 6.26 Å². The molecule has 2 fully saturated rings. The Morgan fingerprint density at radius 1 is 1.35 bits per heavy atom. The summed E-state index contributed by atoms with van der Waals surface area (Å²) in [4.78, 5) is 12.1. The summed E-state index contributed by atoms with van der Waals surface area (Å²) < 4.78 is 5.28. The van der Waals surface area contributed by atoms with E-state index in [0.29, 0.717) is 6.61 Å². The summed E-state index contributed by atoms with van der Waals surface area (Å²) in [5, 5.41) is 2.00. The van der Waals surface area contributed by atoms with E-state index in [4.69, 9.17) is 4.74 Å². The van der Waals surface area contributed by atoms with Gasteiger partial charge in [0.1, 0.15) is 6.04 Å². The molecule has 3 atom stereocenters. The molecule has 0 aromatic rings. The first-order chi connectivity index (χ1) is 8.34. The van der Waals surface area contributed by atoms with E-state index in [2.05, 4.69) is 16.3 Å². The van der Waals surface area contributed by atoms with Crippen molar-refractivity contribution in [2.45, 2.75) is 24.9 Å². The zero-order valence-corrected chi connectivity index (χ0v) is 9.69. The van der Waals surface area contributed by atoms with E-state index >= 15 is 0 Å². The minimum Gasteiger partial charge on any atom is -0.501 e. The maximum atomic E-state index is 12.1. The predicted octanol–water partition coefficient (Wildman–Crippen LogP) is -0.881. The average Bonchev–Trinajstić information content (AvgIpc) is 2.96. The lowest BCUT2D eigenvalue weighted by atomic mass is 9.94. The second-order valence-electron chi connectivity index (χ2n) is 4.79. The number of rotatable bonds is 2. The summed E-state index contributed by atoms with van der Waals surface area (Å²) in [5.74, 6) is 0.202. The molecule has 0 spiro atoms. The van der Waals surface area contributed by atoms with Gasteiger partial charge in [0.2, 0.25) is 0 Å². The van der Waals surface area contributed by atoms with Crippen molar-refractivity contribution in [2.75, 3.05) is 19.7 Å². The molecule has 3 aliphatic heterocycles. The van der Waals surface area contributed by atoms with Crippen molar-refractivity contribution in [3.63, 3.8) is 0 Å². The molecular formula is C11H18N4O2. The molecule has 1 amide bonds. The number of hydrazine groups is 2. The molecule has 0 bridgehead atoms. The smallest absolute Gasteiger partial charge is 0.253 e. The number of hydrogen-bond acceptors (Lipinski definition) is 5. The van der Waals surface area contributed by atoms with Gasteiger partial charge in [-0.1, -0.05) is 0 Å². The van der Waals surface area contributed by atoms with E-state index in [9.17, 15) is 4.79 Å². The lowest BCUT2D eigenvalue weighted by Gasteiger charge is -2.25. The lowest BCUT2D eigenvalue weighted by molar-refractivity contribution is -0.128. The van der Waals surface area contributed by atoms with Crippen molar-refractivity contribution in [2.24, 2.45) is 5.92 Å². The number of carbonyl (C=O) groups is 1. The van der Waals surface area contributed by atoms with Crippen molar-refractivity contribution in [3.8, 4) is 0 Å². The van der Waals surface area contributed by atoms with Crippen molar-refractivity contribution in [1.82, 2.24) is 21.3 Å². The molecule has 2 saturated heterocycles. The molecule has 3 heterocycles. The van der Waals surface area contributed by atoms with Crippen LogP contribution < -0.4 is 16.3 Å². The number of amides is 1. The number of ether oxygens (including phenoxy) is 1. The summed E-state index contributed by atoms with van der Waals surface area (Å²) in [5.41, 5.74) is 9.14. The van der Waals surface area contributed by atoms with Crippen LogP contribution in [0.1, 0.15) is 12.8 Å². The minimum absolute atomic E-state index is 0.0331. The van der Waals surface area contributed by atoms with Gasteiger partial charge >= 0.3 is 0 Å². The first-order valence-electron chi connectivity index (χ1n) is 6.19. The van der Waals surface area contributed by atoms with Crippen LogP contribution in [0.2, 0.25) is 0 Å². The molecule has 0 saturated carbocycles. The maximum Gasteiger partial charge on any atom is 0.253 e.